The van der Waals surface area contributed by atoms with E-state index in [4.69, 9.17) is 4.74 Å². The van der Waals surface area contributed by atoms with Crippen LogP contribution < -0.4 is 4.80 Å². The second kappa shape index (κ2) is 9.71. The molecule has 3 rings (SSSR count). The first kappa shape index (κ1) is 20.4. The summed E-state index contributed by atoms with van der Waals surface area (Å²) >= 11 is 2.93. The van der Waals surface area contributed by atoms with Gasteiger partial charge in [-0.05, 0) is 43.7 Å². The maximum atomic E-state index is 12.4. The van der Waals surface area contributed by atoms with Crippen molar-refractivity contribution in [2.75, 3.05) is 12.4 Å². The molecule has 2 aromatic carbocycles. The van der Waals surface area contributed by atoms with E-state index in [2.05, 4.69) is 11.1 Å². The molecule has 0 fully saturated rings. The Hall–Kier alpha value is -2.38. The van der Waals surface area contributed by atoms with Crippen LogP contribution in [0.4, 0.5) is 0 Å². The highest BCUT2D eigenvalue weighted by molar-refractivity contribution is 8.00. The van der Waals surface area contributed by atoms with Crippen LogP contribution in [-0.4, -0.2) is 28.8 Å². The fraction of sp³-hybridized carbons (Fsp3) is 0.286. The molecular weight excluding hydrogens is 392 g/mol. The summed E-state index contributed by atoms with van der Waals surface area (Å²) in [7, 11) is 0. The number of carbonyl (C=O) groups excluding carboxylic acids is 2. The van der Waals surface area contributed by atoms with Crippen LogP contribution in [0.1, 0.15) is 18.9 Å². The number of thioether (sulfide) groups is 1. The van der Waals surface area contributed by atoms with E-state index >= 15 is 0 Å². The summed E-state index contributed by atoms with van der Waals surface area (Å²) in [5, 5.41) is 0. The van der Waals surface area contributed by atoms with Gasteiger partial charge in [-0.25, -0.2) is 0 Å². The molecule has 0 unspecified atom stereocenters. The van der Waals surface area contributed by atoms with Crippen LogP contribution in [-0.2, 0) is 20.9 Å². The molecule has 1 aromatic heterocycles. The molecule has 0 radical (unpaired) electrons. The quantitative estimate of drug-likeness (QED) is 0.430. The van der Waals surface area contributed by atoms with Crippen molar-refractivity contribution in [3.63, 3.8) is 0 Å². The molecule has 0 saturated carbocycles. The minimum absolute atomic E-state index is 0.193. The van der Waals surface area contributed by atoms with Crippen LogP contribution >= 0.6 is 23.1 Å². The van der Waals surface area contributed by atoms with Crippen molar-refractivity contribution in [1.82, 2.24) is 4.57 Å². The Morgan fingerprint density at radius 3 is 2.71 bits per heavy atom. The van der Waals surface area contributed by atoms with Crippen molar-refractivity contribution < 1.29 is 14.3 Å². The summed E-state index contributed by atoms with van der Waals surface area (Å²) in [6.07, 6.45) is 0.244. The van der Waals surface area contributed by atoms with Gasteiger partial charge in [-0.15, -0.1) is 11.8 Å². The van der Waals surface area contributed by atoms with E-state index in [1.54, 1.807) is 6.92 Å². The SMILES string of the molecule is CCOC(=O)CCn1c(=NC(=O)CSc2ccccc2)sc2cc(C)ccc21. The zero-order valence-corrected chi connectivity index (χ0v) is 17.5. The molecule has 1 amide bonds. The van der Waals surface area contributed by atoms with Gasteiger partial charge in [0.15, 0.2) is 4.80 Å². The Morgan fingerprint density at radius 2 is 1.96 bits per heavy atom. The highest BCUT2D eigenvalue weighted by atomic mass is 32.2. The minimum Gasteiger partial charge on any atom is -0.466 e. The lowest BCUT2D eigenvalue weighted by Crippen LogP contribution is -2.20. The monoisotopic (exact) mass is 414 g/mol. The average molecular weight is 415 g/mol. The molecule has 0 saturated heterocycles. The lowest BCUT2D eigenvalue weighted by Gasteiger charge is -2.05. The van der Waals surface area contributed by atoms with Gasteiger partial charge in [0.25, 0.3) is 5.91 Å². The summed E-state index contributed by atoms with van der Waals surface area (Å²) in [5.74, 6) is -0.171. The zero-order chi connectivity index (χ0) is 19.9. The van der Waals surface area contributed by atoms with E-state index in [0.717, 1.165) is 20.7 Å². The molecule has 0 bridgehead atoms. The van der Waals surface area contributed by atoms with Crippen molar-refractivity contribution in [3.05, 3.63) is 58.9 Å². The Balaban J connectivity index is 1.85. The lowest BCUT2D eigenvalue weighted by atomic mass is 10.2. The molecular formula is C21H22N2O3S2. The van der Waals surface area contributed by atoms with Gasteiger partial charge >= 0.3 is 5.97 Å². The molecule has 1 heterocycles. The fourth-order valence-corrected chi connectivity index (χ4v) is 4.59. The third kappa shape index (κ3) is 5.33. The fourth-order valence-electron chi connectivity index (χ4n) is 2.72. The van der Waals surface area contributed by atoms with Crippen LogP contribution in [0.25, 0.3) is 10.2 Å². The van der Waals surface area contributed by atoms with Crippen LogP contribution in [0.3, 0.4) is 0 Å². The molecule has 0 aliphatic rings. The van der Waals surface area contributed by atoms with Gasteiger partial charge in [-0.2, -0.15) is 4.99 Å². The van der Waals surface area contributed by atoms with Crippen molar-refractivity contribution in [2.45, 2.75) is 31.7 Å². The maximum absolute atomic E-state index is 12.4. The van der Waals surface area contributed by atoms with Gasteiger partial charge < -0.3 is 9.30 Å². The highest BCUT2D eigenvalue weighted by Crippen LogP contribution is 2.20. The number of carbonyl (C=O) groups is 2. The third-order valence-electron chi connectivity index (χ3n) is 4.01. The number of benzene rings is 2. The molecule has 0 spiro atoms. The second-order valence-corrected chi connectivity index (χ2v) is 8.23. The van der Waals surface area contributed by atoms with Crippen LogP contribution in [0.15, 0.2) is 58.4 Å². The van der Waals surface area contributed by atoms with Gasteiger partial charge in [0.2, 0.25) is 0 Å². The highest BCUT2D eigenvalue weighted by Gasteiger charge is 2.11. The number of esters is 1. The molecule has 0 N–H and O–H groups in total. The Bertz CT molecular complexity index is 1040. The van der Waals surface area contributed by atoms with Gasteiger partial charge in [-0.1, -0.05) is 35.6 Å². The molecule has 146 valence electrons. The molecule has 0 aliphatic carbocycles. The predicted molar refractivity (Wildman–Crippen MR) is 114 cm³/mol. The van der Waals surface area contributed by atoms with Crippen LogP contribution in [0, 0.1) is 6.92 Å². The number of fused-ring (bicyclic) bond motifs is 1. The van der Waals surface area contributed by atoms with Crippen LogP contribution in [0.2, 0.25) is 0 Å². The average Bonchev–Trinajstić information content (AvgIpc) is 3.01. The Labute approximate surface area is 172 Å². The molecule has 7 heteroatoms. The predicted octanol–water partition coefficient (Wildman–Crippen LogP) is 4.18. The smallest absolute Gasteiger partial charge is 0.307 e. The maximum Gasteiger partial charge on any atom is 0.307 e. The van der Waals surface area contributed by atoms with E-state index in [-0.39, 0.29) is 24.1 Å². The summed E-state index contributed by atoms with van der Waals surface area (Å²) in [4.78, 5) is 30.2. The van der Waals surface area contributed by atoms with E-state index in [1.807, 2.05) is 54.0 Å². The first-order valence-corrected chi connectivity index (χ1v) is 10.9. The summed E-state index contributed by atoms with van der Waals surface area (Å²) in [5.41, 5.74) is 2.12. The normalized spacial score (nSPS) is 11.7. The zero-order valence-electron chi connectivity index (χ0n) is 15.9. The number of ether oxygens (including phenoxy) is 1. The summed E-state index contributed by atoms with van der Waals surface area (Å²) in [6.45, 7) is 4.61. The topological polar surface area (TPSA) is 60.7 Å². The van der Waals surface area contributed by atoms with E-state index in [9.17, 15) is 9.59 Å². The molecule has 3 aromatic rings. The first-order valence-electron chi connectivity index (χ1n) is 9.08. The van der Waals surface area contributed by atoms with Gasteiger partial charge in [0.1, 0.15) is 0 Å². The minimum atomic E-state index is -0.252. The number of nitrogens with zero attached hydrogens (tertiary/aromatic N) is 2. The number of thiazole rings is 1. The molecule has 5 nitrogen and oxygen atoms in total. The van der Waals surface area contributed by atoms with Crippen LogP contribution in [0.5, 0.6) is 0 Å². The standard InChI is InChI=1S/C21H22N2O3S2/c1-3-26-20(25)11-12-23-17-10-9-15(2)13-18(17)28-21(23)22-19(24)14-27-16-7-5-4-6-8-16/h4-10,13H,3,11-12,14H2,1-2H3. The van der Waals surface area contributed by atoms with Crippen molar-refractivity contribution in [3.8, 4) is 0 Å². The van der Waals surface area contributed by atoms with Crippen molar-refractivity contribution >= 4 is 45.2 Å². The van der Waals surface area contributed by atoms with E-state index < -0.39 is 0 Å². The Kier molecular flexibility index (Phi) is 7.06. The first-order chi connectivity index (χ1) is 13.6. The van der Waals surface area contributed by atoms with Gasteiger partial charge in [0, 0.05) is 11.4 Å². The van der Waals surface area contributed by atoms with Gasteiger partial charge in [-0.3, -0.25) is 9.59 Å². The molecule has 28 heavy (non-hydrogen) atoms. The molecule has 0 aliphatic heterocycles. The molecule has 0 atom stereocenters. The Morgan fingerprint density at radius 1 is 1.18 bits per heavy atom. The van der Waals surface area contributed by atoms with E-state index in [0.29, 0.717) is 18.0 Å². The number of aryl methyl sites for hydroxylation is 2. The van der Waals surface area contributed by atoms with Crippen molar-refractivity contribution in [2.24, 2.45) is 4.99 Å². The largest absolute Gasteiger partial charge is 0.466 e. The number of hydrogen-bond donors (Lipinski definition) is 0. The number of hydrogen-bond acceptors (Lipinski definition) is 5. The van der Waals surface area contributed by atoms with Crippen molar-refractivity contribution in [1.29, 1.82) is 0 Å². The van der Waals surface area contributed by atoms with E-state index in [1.165, 1.54) is 23.1 Å². The second-order valence-electron chi connectivity index (χ2n) is 6.17. The summed E-state index contributed by atoms with van der Waals surface area (Å²) < 4.78 is 8.01. The third-order valence-corrected chi connectivity index (χ3v) is 6.05. The number of amides is 1. The van der Waals surface area contributed by atoms with Gasteiger partial charge in [0.05, 0.1) is 29.0 Å². The number of rotatable bonds is 7. The lowest BCUT2D eigenvalue weighted by molar-refractivity contribution is -0.143. The number of aromatic nitrogens is 1. The summed E-state index contributed by atoms with van der Waals surface area (Å²) in [6, 6.07) is 15.9.